The summed E-state index contributed by atoms with van der Waals surface area (Å²) in [7, 11) is 3.08. The number of aliphatic hydroxyl groups excluding tert-OH is 2. The normalized spacial score (nSPS) is 28.6. The second-order valence-electron chi connectivity index (χ2n) is 8.95. The fourth-order valence-electron chi connectivity index (χ4n) is 5.55. The monoisotopic (exact) mass is 465 g/mol. The summed E-state index contributed by atoms with van der Waals surface area (Å²) in [6.07, 6.45) is 2.92. The van der Waals surface area contributed by atoms with E-state index >= 15 is 0 Å². The van der Waals surface area contributed by atoms with E-state index in [-0.39, 0.29) is 29.7 Å². The lowest BCUT2D eigenvalue weighted by molar-refractivity contribution is -0.153. The van der Waals surface area contributed by atoms with Crippen molar-refractivity contribution in [2.45, 2.75) is 24.5 Å². The number of carbonyl (C=O) groups excluding carboxylic acids is 3. The molecule has 10 heteroatoms. The number of likely N-dealkylation sites (N-methyl/N-ethyl adjacent to an activating group) is 1. The molecular weight excluding hydrogens is 442 g/mol. The van der Waals surface area contributed by atoms with Crippen molar-refractivity contribution >= 4 is 29.3 Å². The summed E-state index contributed by atoms with van der Waals surface area (Å²) >= 11 is 0. The van der Waals surface area contributed by atoms with Crippen LogP contribution in [0.2, 0.25) is 0 Å². The summed E-state index contributed by atoms with van der Waals surface area (Å²) in [6, 6.07) is 3.62. The molecule has 0 aromatic heterocycles. The maximum Gasteiger partial charge on any atom is 0.255 e. The quantitative estimate of drug-likeness (QED) is 0.313. The maximum atomic E-state index is 13.7. The van der Waals surface area contributed by atoms with Crippen molar-refractivity contribution in [1.29, 1.82) is 5.26 Å². The Balaban J connectivity index is 1.98. The van der Waals surface area contributed by atoms with E-state index in [1.165, 1.54) is 37.2 Å². The minimum absolute atomic E-state index is 0.00280. The molecule has 6 N–H and O–H groups in total. The molecule has 0 heterocycles. The van der Waals surface area contributed by atoms with Crippen molar-refractivity contribution in [3.63, 3.8) is 0 Å². The van der Waals surface area contributed by atoms with Crippen LogP contribution in [0.15, 0.2) is 35.1 Å². The molecule has 1 saturated carbocycles. The van der Waals surface area contributed by atoms with Gasteiger partial charge in [0.25, 0.3) is 5.91 Å². The van der Waals surface area contributed by atoms with Gasteiger partial charge in [0.15, 0.2) is 11.4 Å². The Morgan fingerprint density at radius 3 is 2.53 bits per heavy atom. The fourth-order valence-corrected chi connectivity index (χ4v) is 5.55. The molecule has 0 bridgehead atoms. The topological polar surface area (TPSA) is 185 Å². The van der Waals surface area contributed by atoms with E-state index in [1.54, 1.807) is 6.07 Å². The SMILES string of the molecule is CN(C)C1C(=O)C(C(N)=O)=C(O)C2(O)C(=O)C3=C(O)c4c(O)ccc(/C=C/C#N)c4CC3CC12. The van der Waals surface area contributed by atoms with Crippen LogP contribution in [0.3, 0.4) is 0 Å². The number of aliphatic hydroxyl groups is 3. The summed E-state index contributed by atoms with van der Waals surface area (Å²) < 4.78 is 0. The highest BCUT2D eigenvalue weighted by Crippen LogP contribution is 2.52. The number of hydrogen-bond donors (Lipinski definition) is 5. The molecule has 176 valence electrons. The van der Waals surface area contributed by atoms with Crippen LogP contribution in [-0.4, -0.2) is 68.5 Å². The third kappa shape index (κ3) is 2.98. The Labute approximate surface area is 194 Å². The standard InChI is InChI=1S/C24H23N3O7/c1-27(2)18-13-9-11-8-12-10(4-3-7-25)5-6-14(28)16(12)19(29)15(11)21(31)24(13,34)22(32)17(20(18)30)23(26)33/h3-6,11,13,18,28-29,32,34H,8-9H2,1-2H3,(H2,26,33)/b4-3+. The Bertz CT molecular complexity index is 1280. The molecule has 1 aromatic rings. The van der Waals surface area contributed by atoms with E-state index in [9.17, 15) is 34.8 Å². The van der Waals surface area contributed by atoms with Crippen LogP contribution in [0.1, 0.15) is 23.1 Å². The zero-order valence-electron chi connectivity index (χ0n) is 18.4. The van der Waals surface area contributed by atoms with Gasteiger partial charge < -0.3 is 26.2 Å². The zero-order chi connectivity index (χ0) is 25.1. The first-order chi connectivity index (χ1) is 16.0. The number of primary amides is 1. The van der Waals surface area contributed by atoms with Gasteiger partial charge >= 0.3 is 0 Å². The van der Waals surface area contributed by atoms with E-state index in [0.717, 1.165) is 0 Å². The Kier molecular flexibility index (Phi) is 5.35. The zero-order valence-corrected chi connectivity index (χ0v) is 18.4. The van der Waals surface area contributed by atoms with Gasteiger partial charge in [0, 0.05) is 17.6 Å². The molecule has 3 aliphatic rings. The number of rotatable bonds is 3. The number of nitriles is 1. The minimum atomic E-state index is -2.67. The van der Waals surface area contributed by atoms with Crippen molar-refractivity contribution in [3.8, 4) is 11.8 Å². The van der Waals surface area contributed by atoms with Crippen molar-refractivity contribution in [3.05, 3.63) is 51.8 Å². The molecule has 34 heavy (non-hydrogen) atoms. The maximum absolute atomic E-state index is 13.7. The Hall–Kier alpha value is -3.94. The summed E-state index contributed by atoms with van der Waals surface area (Å²) in [5.41, 5.74) is 2.58. The number of benzene rings is 1. The van der Waals surface area contributed by atoms with Gasteiger partial charge in [0.05, 0.1) is 17.7 Å². The highest BCUT2D eigenvalue weighted by molar-refractivity contribution is 6.24. The molecule has 1 fully saturated rings. The average molecular weight is 465 g/mol. The van der Waals surface area contributed by atoms with Crippen LogP contribution in [0.5, 0.6) is 5.75 Å². The number of nitrogens with two attached hydrogens (primary N) is 1. The van der Waals surface area contributed by atoms with Gasteiger partial charge in [0.1, 0.15) is 22.8 Å². The second kappa shape index (κ2) is 7.83. The van der Waals surface area contributed by atoms with Crippen molar-refractivity contribution < 1.29 is 34.8 Å². The smallest absolute Gasteiger partial charge is 0.255 e. The number of hydrogen-bond acceptors (Lipinski definition) is 9. The molecule has 1 aromatic carbocycles. The Morgan fingerprint density at radius 2 is 1.94 bits per heavy atom. The van der Waals surface area contributed by atoms with E-state index in [1.807, 2.05) is 6.07 Å². The number of nitrogens with zero attached hydrogens (tertiary/aromatic N) is 2. The molecule has 0 saturated heterocycles. The van der Waals surface area contributed by atoms with Crippen molar-refractivity contribution in [1.82, 2.24) is 4.90 Å². The lowest BCUT2D eigenvalue weighted by Gasteiger charge is -2.50. The number of phenols is 1. The molecule has 0 radical (unpaired) electrons. The van der Waals surface area contributed by atoms with Gasteiger partial charge in [-0.3, -0.25) is 19.3 Å². The van der Waals surface area contributed by atoms with Crippen LogP contribution in [0, 0.1) is 23.2 Å². The number of Topliss-reactive ketones (excluding diaryl/α,β-unsaturated/α-hetero) is 2. The molecule has 4 atom stereocenters. The van der Waals surface area contributed by atoms with Crippen molar-refractivity contribution in [2.24, 2.45) is 17.6 Å². The predicted molar refractivity (Wildman–Crippen MR) is 119 cm³/mol. The number of fused-ring (bicyclic) bond motifs is 3. The van der Waals surface area contributed by atoms with Gasteiger partial charge in [-0.15, -0.1) is 0 Å². The van der Waals surface area contributed by atoms with E-state index in [0.29, 0.717) is 11.1 Å². The number of aromatic hydroxyl groups is 1. The van der Waals surface area contributed by atoms with Gasteiger partial charge in [-0.05, 0) is 56.1 Å². The molecule has 10 nitrogen and oxygen atoms in total. The molecule has 0 aliphatic heterocycles. The summed E-state index contributed by atoms with van der Waals surface area (Å²) in [6.45, 7) is 0. The number of carbonyl (C=O) groups is 3. The molecule has 4 rings (SSSR count). The van der Waals surface area contributed by atoms with E-state index in [2.05, 4.69) is 0 Å². The van der Waals surface area contributed by atoms with E-state index in [4.69, 9.17) is 11.0 Å². The highest BCUT2D eigenvalue weighted by atomic mass is 16.3. The second-order valence-corrected chi connectivity index (χ2v) is 8.95. The molecule has 1 amide bonds. The predicted octanol–water partition coefficient (Wildman–Crippen LogP) is 0.501. The van der Waals surface area contributed by atoms with Gasteiger partial charge in [0.2, 0.25) is 5.78 Å². The van der Waals surface area contributed by atoms with Crippen LogP contribution in [0.4, 0.5) is 0 Å². The third-order valence-corrected chi connectivity index (χ3v) is 6.98. The fraction of sp³-hybridized carbons (Fsp3) is 0.333. The lowest BCUT2D eigenvalue weighted by atomic mass is 9.57. The van der Waals surface area contributed by atoms with Gasteiger partial charge in [-0.1, -0.05) is 6.07 Å². The number of phenolic OH excluding ortho intramolecular Hbond substituents is 1. The number of amides is 1. The van der Waals surface area contributed by atoms with Gasteiger partial charge in [-0.2, -0.15) is 5.26 Å². The number of allylic oxidation sites excluding steroid dienone is 1. The summed E-state index contributed by atoms with van der Waals surface area (Å²) in [5, 5.41) is 52.7. The molecule has 0 spiro atoms. The first-order valence-electron chi connectivity index (χ1n) is 10.5. The average Bonchev–Trinajstić information content (AvgIpc) is 2.75. The summed E-state index contributed by atoms with van der Waals surface area (Å²) in [4.78, 5) is 40.1. The first kappa shape index (κ1) is 23.2. The van der Waals surface area contributed by atoms with Crippen LogP contribution in [0.25, 0.3) is 11.8 Å². The molecule has 3 aliphatic carbocycles. The molecular formula is C24H23N3O7. The van der Waals surface area contributed by atoms with Crippen LogP contribution < -0.4 is 5.73 Å². The van der Waals surface area contributed by atoms with Crippen molar-refractivity contribution in [2.75, 3.05) is 14.1 Å². The largest absolute Gasteiger partial charge is 0.508 e. The lowest BCUT2D eigenvalue weighted by Crippen LogP contribution is -2.65. The first-order valence-corrected chi connectivity index (χ1v) is 10.5. The number of ketones is 2. The van der Waals surface area contributed by atoms with Crippen LogP contribution >= 0.6 is 0 Å². The van der Waals surface area contributed by atoms with Crippen LogP contribution in [-0.2, 0) is 20.8 Å². The molecule has 4 unspecified atom stereocenters. The highest BCUT2D eigenvalue weighted by Gasteiger charge is 2.64. The minimum Gasteiger partial charge on any atom is -0.508 e. The Morgan fingerprint density at radius 1 is 1.26 bits per heavy atom. The third-order valence-electron chi connectivity index (χ3n) is 6.98. The summed E-state index contributed by atoms with van der Waals surface area (Å²) in [5.74, 6) is -6.96. The van der Waals surface area contributed by atoms with Gasteiger partial charge in [-0.25, -0.2) is 0 Å². The van der Waals surface area contributed by atoms with E-state index < -0.39 is 58.0 Å².